The van der Waals surface area contributed by atoms with Gasteiger partial charge < -0.3 is 20.7 Å². The Morgan fingerprint density at radius 1 is 1.37 bits per heavy atom. The minimum atomic E-state index is 0.431. The van der Waals surface area contributed by atoms with Gasteiger partial charge in [-0.15, -0.1) is 0 Å². The van der Waals surface area contributed by atoms with Gasteiger partial charge in [-0.05, 0) is 25.2 Å². The van der Waals surface area contributed by atoms with Crippen LogP contribution in [0.25, 0.3) is 0 Å². The molecule has 0 heterocycles. The van der Waals surface area contributed by atoms with Gasteiger partial charge in [0.2, 0.25) is 0 Å². The number of rotatable bonds is 7. The molecule has 0 atom stereocenters. The van der Waals surface area contributed by atoms with Gasteiger partial charge in [-0.3, -0.25) is 4.99 Å². The number of likely N-dealkylation sites (N-methyl/N-ethyl adjacent to an activating group) is 1. The lowest BCUT2D eigenvalue weighted by atomic mass is 10.3. The highest BCUT2D eigenvalue weighted by Gasteiger charge is 1.99. The fraction of sp³-hybridized carbons (Fsp3) is 0.500. The number of benzene rings is 1. The van der Waals surface area contributed by atoms with E-state index in [4.69, 9.17) is 10.5 Å². The lowest BCUT2D eigenvalue weighted by molar-refractivity contribution is 0.313. The predicted octanol–water partition coefficient (Wildman–Crippen LogP) is 1.76. The number of nitrogens with two attached hydrogens (primary N) is 1. The maximum atomic E-state index is 5.85. The largest absolute Gasteiger partial charge is 0.497 e. The topological polar surface area (TPSA) is 62.9 Å². The molecule has 1 aromatic carbocycles. The Hall–Kier alpha value is -1.75. The Balaban J connectivity index is 2.46. The van der Waals surface area contributed by atoms with Gasteiger partial charge in [0.15, 0.2) is 5.96 Å². The summed E-state index contributed by atoms with van der Waals surface area (Å²) in [5.74, 6) is 1.22. The Morgan fingerprint density at radius 3 is 2.74 bits per heavy atom. The molecular weight excluding hydrogens is 240 g/mol. The van der Waals surface area contributed by atoms with E-state index >= 15 is 0 Å². The van der Waals surface area contributed by atoms with E-state index in [1.165, 1.54) is 0 Å². The average molecular weight is 264 g/mol. The molecule has 0 aliphatic rings. The van der Waals surface area contributed by atoms with Gasteiger partial charge in [-0.25, -0.2) is 0 Å². The first kappa shape index (κ1) is 15.3. The van der Waals surface area contributed by atoms with Crippen molar-refractivity contribution in [2.24, 2.45) is 10.7 Å². The highest BCUT2D eigenvalue weighted by atomic mass is 16.5. The van der Waals surface area contributed by atoms with Gasteiger partial charge in [-0.2, -0.15) is 0 Å². The summed E-state index contributed by atoms with van der Waals surface area (Å²) in [4.78, 5) is 6.62. The normalized spacial score (nSPS) is 11.7. The van der Waals surface area contributed by atoms with E-state index in [2.05, 4.69) is 29.1 Å². The average Bonchev–Trinajstić information content (AvgIpc) is 2.44. The third-order valence-electron chi connectivity index (χ3n) is 2.93. The van der Waals surface area contributed by atoms with Crippen molar-refractivity contribution in [2.75, 3.05) is 38.6 Å². The highest BCUT2D eigenvalue weighted by Crippen LogP contribution is 2.16. The molecule has 0 spiro atoms. The summed E-state index contributed by atoms with van der Waals surface area (Å²) in [7, 11) is 1.64. The molecule has 0 saturated carbocycles. The molecule has 0 radical (unpaired) electrons. The van der Waals surface area contributed by atoms with Crippen LogP contribution >= 0.6 is 0 Å². The second-order valence-corrected chi connectivity index (χ2v) is 4.15. The lowest BCUT2D eigenvalue weighted by Gasteiger charge is -2.16. The molecule has 106 valence electrons. The van der Waals surface area contributed by atoms with Crippen molar-refractivity contribution in [1.29, 1.82) is 0 Å². The van der Waals surface area contributed by atoms with Crippen LogP contribution in [0.4, 0.5) is 5.69 Å². The quantitative estimate of drug-likeness (QED) is 0.582. The van der Waals surface area contributed by atoms with Crippen LogP contribution in [0.1, 0.15) is 13.8 Å². The van der Waals surface area contributed by atoms with Crippen LogP contribution in [0, 0.1) is 0 Å². The van der Waals surface area contributed by atoms with E-state index in [1.54, 1.807) is 7.11 Å². The van der Waals surface area contributed by atoms with Crippen LogP contribution in [0.3, 0.4) is 0 Å². The Kier molecular flexibility index (Phi) is 6.74. The molecular formula is C14H24N4O. The van der Waals surface area contributed by atoms with Crippen LogP contribution in [-0.2, 0) is 0 Å². The summed E-state index contributed by atoms with van der Waals surface area (Å²) in [6, 6.07) is 7.60. The molecule has 0 aliphatic heterocycles. The number of nitrogens with zero attached hydrogens (tertiary/aromatic N) is 2. The zero-order chi connectivity index (χ0) is 14.1. The van der Waals surface area contributed by atoms with Crippen LogP contribution in [-0.4, -0.2) is 44.1 Å². The summed E-state index contributed by atoms with van der Waals surface area (Å²) in [5.41, 5.74) is 6.72. The number of guanidine groups is 1. The minimum absolute atomic E-state index is 0.431. The summed E-state index contributed by atoms with van der Waals surface area (Å²) in [6.45, 7) is 7.98. The van der Waals surface area contributed by atoms with Gasteiger partial charge in [0, 0.05) is 18.3 Å². The number of hydrogen-bond acceptors (Lipinski definition) is 3. The van der Waals surface area contributed by atoms with E-state index < -0.39 is 0 Å². The van der Waals surface area contributed by atoms with Gasteiger partial charge >= 0.3 is 0 Å². The summed E-state index contributed by atoms with van der Waals surface area (Å²) in [5, 5.41) is 3.06. The zero-order valence-corrected chi connectivity index (χ0v) is 12.0. The van der Waals surface area contributed by atoms with E-state index in [0.29, 0.717) is 12.5 Å². The van der Waals surface area contributed by atoms with Crippen molar-refractivity contribution in [3.05, 3.63) is 24.3 Å². The first-order chi connectivity index (χ1) is 9.19. The number of hydrogen-bond donors (Lipinski definition) is 2. The Labute approximate surface area is 115 Å². The second kappa shape index (κ2) is 8.37. The molecule has 1 rings (SSSR count). The number of nitrogens with one attached hydrogen (secondary N) is 1. The summed E-state index contributed by atoms with van der Waals surface area (Å²) in [6.07, 6.45) is 0. The van der Waals surface area contributed by atoms with E-state index in [1.807, 2.05) is 24.3 Å². The molecule has 0 aliphatic carbocycles. The molecule has 19 heavy (non-hydrogen) atoms. The Bertz CT molecular complexity index is 402. The third-order valence-corrected chi connectivity index (χ3v) is 2.93. The van der Waals surface area contributed by atoms with Gasteiger partial charge in [0.1, 0.15) is 5.75 Å². The minimum Gasteiger partial charge on any atom is -0.497 e. The fourth-order valence-corrected chi connectivity index (χ4v) is 1.74. The standard InChI is InChI=1S/C14H24N4O/c1-4-18(5-2)10-9-16-14(15)17-12-7-6-8-13(11-12)19-3/h6-8,11H,4-5,9-10H2,1-3H3,(H3,15,16,17). The maximum Gasteiger partial charge on any atom is 0.193 e. The molecule has 0 fully saturated rings. The molecule has 0 unspecified atom stereocenters. The number of aliphatic imine (C=N–C) groups is 1. The fourth-order valence-electron chi connectivity index (χ4n) is 1.74. The molecule has 5 heteroatoms. The molecule has 0 bridgehead atoms. The van der Waals surface area contributed by atoms with Crippen LogP contribution in [0.15, 0.2) is 29.3 Å². The number of ether oxygens (including phenoxy) is 1. The molecule has 3 N–H and O–H groups in total. The van der Waals surface area contributed by atoms with Crippen LogP contribution in [0.2, 0.25) is 0 Å². The maximum absolute atomic E-state index is 5.85. The Morgan fingerprint density at radius 2 is 2.11 bits per heavy atom. The van der Waals surface area contributed by atoms with Crippen molar-refractivity contribution >= 4 is 11.6 Å². The van der Waals surface area contributed by atoms with E-state index in [9.17, 15) is 0 Å². The zero-order valence-electron chi connectivity index (χ0n) is 12.0. The van der Waals surface area contributed by atoms with Gasteiger partial charge in [0.25, 0.3) is 0 Å². The molecule has 0 saturated heterocycles. The first-order valence-corrected chi connectivity index (χ1v) is 6.63. The van der Waals surface area contributed by atoms with E-state index in [0.717, 1.165) is 31.1 Å². The van der Waals surface area contributed by atoms with Crippen LogP contribution < -0.4 is 15.8 Å². The van der Waals surface area contributed by atoms with Crippen molar-refractivity contribution in [1.82, 2.24) is 4.90 Å². The van der Waals surface area contributed by atoms with Crippen molar-refractivity contribution in [3.63, 3.8) is 0 Å². The third kappa shape index (κ3) is 5.61. The highest BCUT2D eigenvalue weighted by molar-refractivity contribution is 5.92. The first-order valence-electron chi connectivity index (χ1n) is 6.63. The van der Waals surface area contributed by atoms with Gasteiger partial charge in [-0.1, -0.05) is 19.9 Å². The smallest absolute Gasteiger partial charge is 0.193 e. The molecule has 1 aromatic rings. The summed E-state index contributed by atoms with van der Waals surface area (Å²) < 4.78 is 5.15. The lowest BCUT2D eigenvalue weighted by Crippen LogP contribution is -2.28. The van der Waals surface area contributed by atoms with Crippen molar-refractivity contribution in [2.45, 2.75) is 13.8 Å². The van der Waals surface area contributed by atoms with Crippen molar-refractivity contribution < 1.29 is 4.74 Å². The summed E-state index contributed by atoms with van der Waals surface area (Å²) >= 11 is 0. The molecule has 5 nitrogen and oxygen atoms in total. The van der Waals surface area contributed by atoms with Gasteiger partial charge in [0.05, 0.1) is 13.7 Å². The molecule has 0 aromatic heterocycles. The predicted molar refractivity (Wildman–Crippen MR) is 80.9 cm³/mol. The number of anilines is 1. The SMILES string of the molecule is CCN(CC)CCN=C(N)Nc1cccc(OC)c1. The molecule has 0 amide bonds. The van der Waals surface area contributed by atoms with E-state index in [-0.39, 0.29) is 0 Å². The van der Waals surface area contributed by atoms with Crippen molar-refractivity contribution in [3.8, 4) is 5.75 Å². The number of methoxy groups -OCH3 is 1. The van der Waals surface area contributed by atoms with Crippen LogP contribution in [0.5, 0.6) is 5.75 Å². The monoisotopic (exact) mass is 264 g/mol. The second-order valence-electron chi connectivity index (χ2n) is 4.15.